The van der Waals surface area contributed by atoms with Crippen molar-refractivity contribution in [1.82, 2.24) is 10.3 Å². The third-order valence-corrected chi connectivity index (χ3v) is 4.91. The average Bonchev–Trinajstić information content (AvgIpc) is 2.31. The summed E-state index contributed by atoms with van der Waals surface area (Å²) in [6, 6.07) is 2.95. The first-order valence-corrected chi connectivity index (χ1v) is 7.91. The van der Waals surface area contributed by atoms with E-state index < -0.39 is 21.3 Å². The summed E-state index contributed by atoms with van der Waals surface area (Å²) in [4.78, 5) is 26.1. The van der Waals surface area contributed by atoms with Gasteiger partial charge in [0, 0.05) is 11.7 Å². The van der Waals surface area contributed by atoms with Gasteiger partial charge in [-0.05, 0) is 31.9 Å². The lowest BCUT2D eigenvalue weighted by atomic mass is 10.1. The van der Waals surface area contributed by atoms with Gasteiger partial charge >= 0.3 is 0 Å². The molecule has 2 N–H and O–H groups in total. The van der Waals surface area contributed by atoms with Crippen LogP contribution in [0.15, 0.2) is 16.9 Å². The maximum atomic E-state index is 11.9. The Labute approximate surface area is 111 Å². The van der Waals surface area contributed by atoms with Crippen LogP contribution in [0, 0.1) is 6.92 Å². The van der Waals surface area contributed by atoms with E-state index in [1.165, 1.54) is 6.07 Å². The minimum Gasteiger partial charge on any atom is -0.349 e. The molecule has 1 amide bonds. The van der Waals surface area contributed by atoms with Crippen molar-refractivity contribution in [3.05, 3.63) is 33.7 Å². The standard InChI is InChI=1S/C12H16N2O4S/c1-8-2-3-10(11(15)13-8)12(16)14-9-4-6-19(17,18)7-5-9/h2-3,9H,4-7H2,1H3,(H,13,15)(H,14,16). The Hall–Kier alpha value is -1.63. The Morgan fingerprint density at radius 1 is 1.32 bits per heavy atom. The van der Waals surface area contributed by atoms with E-state index in [0.29, 0.717) is 18.5 Å². The first-order valence-electron chi connectivity index (χ1n) is 6.08. The molecule has 104 valence electrons. The zero-order chi connectivity index (χ0) is 14.0. The fourth-order valence-corrected chi connectivity index (χ4v) is 3.54. The van der Waals surface area contributed by atoms with E-state index in [0.717, 1.165) is 0 Å². The number of pyridine rings is 1. The molecule has 6 nitrogen and oxygen atoms in total. The van der Waals surface area contributed by atoms with Crippen molar-refractivity contribution >= 4 is 15.7 Å². The summed E-state index contributed by atoms with van der Waals surface area (Å²) in [7, 11) is -2.95. The van der Waals surface area contributed by atoms with Crippen molar-refractivity contribution in [2.75, 3.05) is 11.5 Å². The van der Waals surface area contributed by atoms with Crippen molar-refractivity contribution < 1.29 is 13.2 Å². The van der Waals surface area contributed by atoms with Gasteiger partial charge in [0.2, 0.25) is 0 Å². The van der Waals surface area contributed by atoms with Crippen LogP contribution in [0.3, 0.4) is 0 Å². The molecule has 0 saturated carbocycles. The smallest absolute Gasteiger partial charge is 0.260 e. The molecule has 0 atom stereocenters. The van der Waals surface area contributed by atoms with E-state index in [2.05, 4.69) is 10.3 Å². The molecule has 1 aromatic rings. The second kappa shape index (κ2) is 5.16. The average molecular weight is 284 g/mol. The van der Waals surface area contributed by atoms with E-state index in [1.54, 1.807) is 13.0 Å². The second-order valence-corrected chi connectivity index (χ2v) is 7.09. The molecule has 19 heavy (non-hydrogen) atoms. The van der Waals surface area contributed by atoms with Crippen LogP contribution < -0.4 is 10.9 Å². The highest BCUT2D eigenvalue weighted by Gasteiger charge is 2.25. The van der Waals surface area contributed by atoms with Crippen LogP contribution in [-0.4, -0.2) is 36.9 Å². The van der Waals surface area contributed by atoms with Crippen molar-refractivity contribution in [1.29, 1.82) is 0 Å². The van der Waals surface area contributed by atoms with E-state index in [-0.39, 0.29) is 23.1 Å². The van der Waals surface area contributed by atoms with Crippen LogP contribution in [0.2, 0.25) is 0 Å². The topological polar surface area (TPSA) is 96.1 Å². The first kappa shape index (κ1) is 13.8. The fourth-order valence-electron chi connectivity index (χ4n) is 2.05. The third-order valence-electron chi connectivity index (χ3n) is 3.19. The number of nitrogens with one attached hydrogen (secondary N) is 2. The molecule has 7 heteroatoms. The number of rotatable bonds is 2. The molecule has 0 aromatic carbocycles. The van der Waals surface area contributed by atoms with Gasteiger partial charge in [-0.3, -0.25) is 9.59 Å². The predicted molar refractivity (Wildman–Crippen MR) is 70.9 cm³/mol. The number of hydrogen-bond donors (Lipinski definition) is 2. The molecule has 1 aromatic heterocycles. The van der Waals surface area contributed by atoms with Gasteiger partial charge in [0.05, 0.1) is 11.5 Å². The Balaban J connectivity index is 2.04. The van der Waals surface area contributed by atoms with Gasteiger partial charge in [-0.2, -0.15) is 0 Å². The van der Waals surface area contributed by atoms with E-state index in [9.17, 15) is 18.0 Å². The minimum absolute atomic E-state index is 0.0547. The van der Waals surface area contributed by atoms with Gasteiger partial charge in [-0.15, -0.1) is 0 Å². The summed E-state index contributed by atoms with van der Waals surface area (Å²) >= 11 is 0. The summed E-state index contributed by atoms with van der Waals surface area (Å²) in [6.07, 6.45) is 0.801. The lowest BCUT2D eigenvalue weighted by Gasteiger charge is -2.22. The predicted octanol–water partition coefficient (Wildman–Crippen LogP) is -0.00968. The number of carbonyl (C=O) groups excluding carboxylic acids is 1. The summed E-state index contributed by atoms with van der Waals surface area (Å²) in [5.41, 5.74) is 0.310. The number of carbonyl (C=O) groups is 1. The van der Waals surface area contributed by atoms with Gasteiger partial charge in [-0.25, -0.2) is 8.42 Å². The summed E-state index contributed by atoms with van der Waals surface area (Å²) in [6.45, 7) is 1.73. The van der Waals surface area contributed by atoms with Crippen LogP contribution in [0.25, 0.3) is 0 Å². The number of aromatic amines is 1. The normalized spacial score (nSPS) is 19.0. The van der Waals surface area contributed by atoms with Crippen LogP contribution in [-0.2, 0) is 9.84 Å². The number of hydrogen-bond acceptors (Lipinski definition) is 4. The highest BCUT2D eigenvalue weighted by Crippen LogP contribution is 2.12. The summed E-state index contributed by atoms with van der Waals surface area (Å²) in [5.74, 6) is -0.282. The Kier molecular flexibility index (Phi) is 3.75. The lowest BCUT2D eigenvalue weighted by molar-refractivity contribution is 0.0932. The number of aryl methyl sites for hydroxylation is 1. The van der Waals surface area contributed by atoms with Gasteiger partial charge < -0.3 is 10.3 Å². The van der Waals surface area contributed by atoms with Gasteiger partial charge in [-0.1, -0.05) is 0 Å². The molecule has 1 aliphatic heterocycles. The highest BCUT2D eigenvalue weighted by molar-refractivity contribution is 7.91. The summed E-state index contributed by atoms with van der Waals surface area (Å²) < 4.78 is 22.6. The number of sulfone groups is 1. The van der Waals surface area contributed by atoms with Gasteiger partial charge in [0.1, 0.15) is 15.4 Å². The van der Waals surface area contributed by atoms with Crippen LogP contribution in [0.1, 0.15) is 28.9 Å². The second-order valence-electron chi connectivity index (χ2n) is 4.78. The molecule has 1 aliphatic rings. The van der Waals surface area contributed by atoms with Crippen molar-refractivity contribution in [3.63, 3.8) is 0 Å². The van der Waals surface area contributed by atoms with Crippen LogP contribution >= 0.6 is 0 Å². The Morgan fingerprint density at radius 3 is 2.53 bits per heavy atom. The largest absolute Gasteiger partial charge is 0.349 e. The zero-order valence-corrected chi connectivity index (χ0v) is 11.4. The Morgan fingerprint density at radius 2 is 1.95 bits per heavy atom. The van der Waals surface area contributed by atoms with Crippen LogP contribution in [0.5, 0.6) is 0 Å². The highest BCUT2D eigenvalue weighted by atomic mass is 32.2. The SMILES string of the molecule is Cc1ccc(C(=O)NC2CCS(=O)(=O)CC2)c(=O)[nH]1. The minimum atomic E-state index is -2.95. The molecule has 1 saturated heterocycles. The van der Waals surface area contributed by atoms with E-state index in [1.807, 2.05) is 0 Å². The van der Waals surface area contributed by atoms with Crippen molar-refractivity contribution in [2.45, 2.75) is 25.8 Å². The molecule has 0 aliphatic carbocycles. The van der Waals surface area contributed by atoms with Crippen molar-refractivity contribution in [3.8, 4) is 0 Å². The third kappa shape index (κ3) is 3.44. The molecular weight excluding hydrogens is 268 g/mol. The van der Waals surface area contributed by atoms with Crippen molar-refractivity contribution in [2.24, 2.45) is 0 Å². The quantitative estimate of drug-likeness (QED) is 0.798. The molecule has 0 radical (unpaired) electrons. The molecule has 2 rings (SSSR count). The molecular formula is C12H16N2O4S. The zero-order valence-electron chi connectivity index (χ0n) is 10.6. The van der Waals surface area contributed by atoms with Gasteiger partial charge in [0.15, 0.2) is 0 Å². The van der Waals surface area contributed by atoms with E-state index >= 15 is 0 Å². The number of amides is 1. The molecule has 0 bridgehead atoms. The molecule has 2 heterocycles. The molecule has 1 fully saturated rings. The molecule has 0 unspecified atom stereocenters. The molecule has 0 spiro atoms. The lowest BCUT2D eigenvalue weighted by Crippen LogP contribution is -2.42. The number of aromatic nitrogens is 1. The number of H-pyrrole nitrogens is 1. The Bertz CT molecular complexity index is 634. The first-order chi connectivity index (χ1) is 8.87. The maximum absolute atomic E-state index is 11.9. The van der Waals surface area contributed by atoms with Crippen LogP contribution in [0.4, 0.5) is 0 Å². The fraction of sp³-hybridized carbons (Fsp3) is 0.500. The maximum Gasteiger partial charge on any atom is 0.260 e. The van der Waals surface area contributed by atoms with Gasteiger partial charge in [0.25, 0.3) is 11.5 Å². The van der Waals surface area contributed by atoms with E-state index in [4.69, 9.17) is 0 Å². The summed E-state index contributed by atoms with van der Waals surface area (Å²) in [5, 5.41) is 2.71. The monoisotopic (exact) mass is 284 g/mol.